The molecule has 6 nitrogen and oxygen atoms in total. The summed E-state index contributed by atoms with van der Waals surface area (Å²) >= 11 is 0. The van der Waals surface area contributed by atoms with Crippen molar-refractivity contribution in [1.29, 1.82) is 0 Å². The Bertz CT molecular complexity index is 706. The number of carbonyl (C=O) groups excluding carboxylic acids is 1. The predicted molar refractivity (Wildman–Crippen MR) is 86.4 cm³/mol. The lowest BCUT2D eigenvalue weighted by Crippen LogP contribution is -2.47. The van der Waals surface area contributed by atoms with Gasteiger partial charge >= 0.3 is 6.03 Å². The Morgan fingerprint density at radius 3 is 3.13 bits per heavy atom. The van der Waals surface area contributed by atoms with E-state index in [1.54, 1.807) is 0 Å². The molecule has 2 amide bonds. The Morgan fingerprint density at radius 1 is 1.35 bits per heavy atom. The number of hydrogen-bond donors (Lipinski definition) is 2. The molecule has 122 valence electrons. The number of ether oxygens (including phenoxy) is 2. The molecule has 0 radical (unpaired) electrons. The molecule has 2 aromatic rings. The van der Waals surface area contributed by atoms with E-state index in [0.717, 1.165) is 18.5 Å². The first-order chi connectivity index (χ1) is 11.3. The minimum atomic E-state index is -0.0406. The third-order valence-corrected chi connectivity index (χ3v) is 4.54. The topological polar surface area (TPSA) is 66.6 Å². The average molecular weight is 315 g/mol. The number of H-pyrrole nitrogens is 1. The maximum absolute atomic E-state index is 12.4. The maximum Gasteiger partial charge on any atom is 0.317 e. The van der Waals surface area contributed by atoms with Gasteiger partial charge in [0.15, 0.2) is 0 Å². The number of nitrogens with one attached hydrogen (secondary N) is 2. The number of nitrogens with zero attached hydrogens (tertiary/aromatic N) is 1. The Morgan fingerprint density at radius 2 is 2.26 bits per heavy atom. The van der Waals surface area contributed by atoms with Crippen LogP contribution in [-0.2, 0) is 22.4 Å². The van der Waals surface area contributed by atoms with Gasteiger partial charge in [-0.25, -0.2) is 4.79 Å². The predicted octanol–water partition coefficient (Wildman–Crippen LogP) is 1.65. The van der Waals surface area contributed by atoms with Crippen LogP contribution in [0.4, 0.5) is 4.79 Å². The second-order valence-electron chi connectivity index (χ2n) is 6.05. The van der Waals surface area contributed by atoms with Gasteiger partial charge in [0, 0.05) is 48.2 Å². The zero-order valence-electron chi connectivity index (χ0n) is 13.0. The van der Waals surface area contributed by atoms with Crippen LogP contribution in [0.15, 0.2) is 24.3 Å². The SMILES string of the molecule is O=C(NC[C@@H]1COCCO1)N1CCc2[nH]c3ccccc3c2C1. The van der Waals surface area contributed by atoms with Crippen LogP contribution in [0, 0.1) is 0 Å². The van der Waals surface area contributed by atoms with Crippen molar-refractivity contribution in [2.75, 3.05) is 32.9 Å². The molecule has 4 rings (SSSR count). The molecule has 1 saturated heterocycles. The molecule has 23 heavy (non-hydrogen) atoms. The van der Waals surface area contributed by atoms with Gasteiger partial charge < -0.3 is 24.7 Å². The first kappa shape index (κ1) is 14.5. The van der Waals surface area contributed by atoms with Crippen molar-refractivity contribution in [3.05, 3.63) is 35.5 Å². The van der Waals surface area contributed by atoms with Crippen LogP contribution in [0.1, 0.15) is 11.3 Å². The van der Waals surface area contributed by atoms with Crippen molar-refractivity contribution in [3.63, 3.8) is 0 Å². The van der Waals surface area contributed by atoms with Gasteiger partial charge in [-0.15, -0.1) is 0 Å². The molecule has 2 N–H and O–H groups in total. The number of benzene rings is 1. The van der Waals surface area contributed by atoms with Crippen LogP contribution in [0.2, 0.25) is 0 Å². The molecule has 1 aromatic carbocycles. The number of para-hydroxylation sites is 1. The number of aromatic amines is 1. The first-order valence-electron chi connectivity index (χ1n) is 8.12. The van der Waals surface area contributed by atoms with E-state index in [-0.39, 0.29) is 12.1 Å². The molecule has 0 spiro atoms. The fourth-order valence-corrected chi connectivity index (χ4v) is 3.31. The van der Waals surface area contributed by atoms with Gasteiger partial charge in [-0.2, -0.15) is 0 Å². The van der Waals surface area contributed by atoms with Crippen LogP contribution in [-0.4, -0.2) is 54.9 Å². The second kappa shape index (κ2) is 6.22. The van der Waals surface area contributed by atoms with Gasteiger partial charge in [-0.05, 0) is 6.07 Å². The highest BCUT2D eigenvalue weighted by molar-refractivity contribution is 5.85. The highest BCUT2D eigenvalue weighted by atomic mass is 16.6. The minimum Gasteiger partial charge on any atom is -0.376 e. The van der Waals surface area contributed by atoms with E-state index in [0.29, 0.717) is 32.9 Å². The average Bonchev–Trinajstić information content (AvgIpc) is 2.98. The molecule has 0 unspecified atom stereocenters. The second-order valence-corrected chi connectivity index (χ2v) is 6.05. The lowest BCUT2D eigenvalue weighted by Gasteiger charge is -2.29. The smallest absolute Gasteiger partial charge is 0.317 e. The first-order valence-corrected chi connectivity index (χ1v) is 8.12. The zero-order chi connectivity index (χ0) is 15.6. The molecular weight excluding hydrogens is 294 g/mol. The number of hydrogen-bond acceptors (Lipinski definition) is 3. The summed E-state index contributed by atoms with van der Waals surface area (Å²) in [6.45, 7) is 3.66. The van der Waals surface area contributed by atoms with E-state index >= 15 is 0 Å². The van der Waals surface area contributed by atoms with Crippen LogP contribution in [0.25, 0.3) is 10.9 Å². The molecule has 2 aliphatic heterocycles. The standard InChI is InChI=1S/C17H21N3O3/c21-17(18-9-12-11-22-7-8-23-12)20-6-5-16-14(10-20)13-3-1-2-4-15(13)19-16/h1-4,12,19H,5-11H2,(H,18,21)/t12-/m1/s1. The van der Waals surface area contributed by atoms with E-state index < -0.39 is 0 Å². The summed E-state index contributed by atoms with van der Waals surface area (Å²) in [6, 6.07) is 8.23. The molecule has 1 aromatic heterocycles. The van der Waals surface area contributed by atoms with Crippen LogP contribution in [0.5, 0.6) is 0 Å². The molecular formula is C17H21N3O3. The van der Waals surface area contributed by atoms with Crippen molar-refractivity contribution in [2.24, 2.45) is 0 Å². The molecule has 6 heteroatoms. The van der Waals surface area contributed by atoms with Gasteiger partial charge in [0.1, 0.15) is 0 Å². The molecule has 2 aliphatic rings. The van der Waals surface area contributed by atoms with E-state index in [1.165, 1.54) is 16.6 Å². The van der Waals surface area contributed by atoms with Crippen molar-refractivity contribution in [2.45, 2.75) is 19.1 Å². The quantitative estimate of drug-likeness (QED) is 0.885. The summed E-state index contributed by atoms with van der Waals surface area (Å²) in [7, 11) is 0. The zero-order valence-corrected chi connectivity index (χ0v) is 13.0. The fourth-order valence-electron chi connectivity index (χ4n) is 3.31. The van der Waals surface area contributed by atoms with Crippen LogP contribution >= 0.6 is 0 Å². The number of fused-ring (bicyclic) bond motifs is 3. The summed E-state index contributed by atoms with van der Waals surface area (Å²) < 4.78 is 10.9. The summed E-state index contributed by atoms with van der Waals surface area (Å²) in [4.78, 5) is 17.7. The van der Waals surface area contributed by atoms with Crippen LogP contribution < -0.4 is 5.32 Å². The molecule has 3 heterocycles. The van der Waals surface area contributed by atoms with E-state index in [9.17, 15) is 4.79 Å². The maximum atomic E-state index is 12.4. The normalized spacial score (nSPS) is 21.2. The highest BCUT2D eigenvalue weighted by Crippen LogP contribution is 2.27. The summed E-state index contributed by atoms with van der Waals surface area (Å²) in [5, 5.41) is 4.18. The van der Waals surface area contributed by atoms with Crippen molar-refractivity contribution in [1.82, 2.24) is 15.2 Å². The third-order valence-electron chi connectivity index (χ3n) is 4.54. The minimum absolute atomic E-state index is 0.0323. The lowest BCUT2D eigenvalue weighted by atomic mass is 10.0. The van der Waals surface area contributed by atoms with Gasteiger partial charge in [-0.1, -0.05) is 18.2 Å². The number of amides is 2. The molecule has 0 aliphatic carbocycles. The monoisotopic (exact) mass is 315 g/mol. The summed E-state index contributed by atoms with van der Waals surface area (Å²) in [6.07, 6.45) is 0.821. The number of rotatable bonds is 2. The van der Waals surface area contributed by atoms with E-state index in [4.69, 9.17) is 9.47 Å². The Balaban J connectivity index is 1.41. The molecule has 0 bridgehead atoms. The lowest BCUT2D eigenvalue weighted by molar-refractivity contribution is -0.0856. The van der Waals surface area contributed by atoms with Crippen molar-refractivity contribution >= 4 is 16.9 Å². The Labute approximate surface area is 134 Å². The number of urea groups is 1. The largest absolute Gasteiger partial charge is 0.376 e. The van der Waals surface area contributed by atoms with Crippen molar-refractivity contribution in [3.8, 4) is 0 Å². The number of carbonyl (C=O) groups is 1. The van der Waals surface area contributed by atoms with Crippen molar-refractivity contribution < 1.29 is 14.3 Å². The van der Waals surface area contributed by atoms with Gasteiger partial charge in [-0.3, -0.25) is 0 Å². The van der Waals surface area contributed by atoms with Gasteiger partial charge in [0.25, 0.3) is 0 Å². The molecule has 0 saturated carbocycles. The van der Waals surface area contributed by atoms with Gasteiger partial charge in [0.05, 0.1) is 25.9 Å². The third kappa shape index (κ3) is 2.92. The number of aromatic nitrogens is 1. The summed E-state index contributed by atoms with van der Waals surface area (Å²) in [5.41, 5.74) is 3.63. The highest BCUT2D eigenvalue weighted by Gasteiger charge is 2.24. The van der Waals surface area contributed by atoms with E-state index in [2.05, 4.69) is 22.4 Å². The van der Waals surface area contributed by atoms with E-state index in [1.807, 2.05) is 17.0 Å². The van der Waals surface area contributed by atoms with Gasteiger partial charge in [0.2, 0.25) is 0 Å². The fraction of sp³-hybridized carbons (Fsp3) is 0.471. The van der Waals surface area contributed by atoms with Crippen LogP contribution in [0.3, 0.4) is 0 Å². The molecule has 1 atom stereocenters. The Hall–Kier alpha value is -2.05. The Kier molecular flexibility index (Phi) is 3.93. The summed E-state index contributed by atoms with van der Waals surface area (Å²) in [5.74, 6) is 0. The molecule has 1 fully saturated rings.